The van der Waals surface area contributed by atoms with Crippen molar-refractivity contribution < 1.29 is 0 Å². The van der Waals surface area contributed by atoms with E-state index in [4.69, 9.17) is 0 Å². The number of hydrogen-bond donors (Lipinski definition) is 1. The van der Waals surface area contributed by atoms with Gasteiger partial charge in [0.1, 0.15) is 0 Å². The van der Waals surface area contributed by atoms with Crippen molar-refractivity contribution in [1.29, 1.82) is 0 Å². The van der Waals surface area contributed by atoms with Crippen molar-refractivity contribution in [2.24, 2.45) is 5.92 Å². The molecular weight excluding hydrogens is 194 g/mol. The summed E-state index contributed by atoms with van der Waals surface area (Å²) in [5.41, 5.74) is 1.46. The molecule has 0 amide bonds. The second-order valence-electron chi connectivity index (χ2n) is 4.92. The van der Waals surface area contributed by atoms with Crippen LogP contribution in [0, 0.1) is 5.92 Å². The number of nitrogens with one attached hydrogen (secondary N) is 1. The normalized spacial score (nSPS) is 15.2. The summed E-state index contributed by atoms with van der Waals surface area (Å²) in [6.45, 7) is 2.38. The van der Waals surface area contributed by atoms with Crippen LogP contribution in [0.1, 0.15) is 37.7 Å². The molecule has 1 aliphatic rings. The van der Waals surface area contributed by atoms with Gasteiger partial charge in [0.05, 0.1) is 0 Å². The van der Waals surface area contributed by atoms with Crippen molar-refractivity contribution in [2.45, 2.75) is 38.5 Å². The summed E-state index contributed by atoms with van der Waals surface area (Å²) in [6.07, 6.45) is 8.27. The molecule has 1 aromatic carbocycles. The fraction of sp³-hybridized carbons (Fsp3) is 0.600. The summed E-state index contributed by atoms with van der Waals surface area (Å²) < 4.78 is 0. The quantitative estimate of drug-likeness (QED) is 0.658. The minimum atomic E-state index is 1.09. The monoisotopic (exact) mass is 217 g/mol. The van der Waals surface area contributed by atoms with E-state index in [1.54, 1.807) is 0 Å². The second-order valence-corrected chi connectivity index (χ2v) is 4.92. The minimum Gasteiger partial charge on any atom is -0.317 e. The van der Waals surface area contributed by atoms with Crippen LogP contribution in [0.2, 0.25) is 0 Å². The van der Waals surface area contributed by atoms with Crippen LogP contribution in [0.3, 0.4) is 0 Å². The highest BCUT2D eigenvalue weighted by Crippen LogP contribution is 2.33. The Balaban J connectivity index is 1.42. The zero-order valence-electron chi connectivity index (χ0n) is 10.1. The second kappa shape index (κ2) is 6.70. The zero-order valence-corrected chi connectivity index (χ0v) is 10.1. The van der Waals surface area contributed by atoms with Crippen molar-refractivity contribution in [3.63, 3.8) is 0 Å². The third-order valence-corrected chi connectivity index (χ3v) is 3.32. The third-order valence-electron chi connectivity index (χ3n) is 3.32. The number of benzene rings is 1. The molecule has 0 aliphatic heterocycles. The molecule has 88 valence electrons. The number of aryl methyl sites for hydroxylation is 1. The van der Waals surface area contributed by atoms with Gasteiger partial charge in [0, 0.05) is 0 Å². The van der Waals surface area contributed by atoms with Gasteiger partial charge in [-0.2, -0.15) is 0 Å². The van der Waals surface area contributed by atoms with Crippen LogP contribution in [0.5, 0.6) is 0 Å². The highest BCUT2D eigenvalue weighted by Gasteiger charge is 2.19. The first-order valence-corrected chi connectivity index (χ1v) is 6.70. The molecule has 0 aromatic heterocycles. The van der Waals surface area contributed by atoms with E-state index in [2.05, 4.69) is 35.6 Å². The van der Waals surface area contributed by atoms with Crippen molar-refractivity contribution in [3.8, 4) is 0 Å². The molecule has 0 atom stereocenters. The van der Waals surface area contributed by atoms with Gasteiger partial charge in [-0.3, -0.25) is 0 Å². The standard InChI is InChI=1S/C15H23N/c1-2-6-14(7-3-1)8-4-12-16-13-5-9-15-10-11-15/h1-3,6-7,15-16H,4-5,8-13H2. The van der Waals surface area contributed by atoms with E-state index < -0.39 is 0 Å². The van der Waals surface area contributed by atoms with Gasteiger partial charge in [0.2, 0.25) is 0 Å². The predicted molar refractivity (Wildman–Crippen MR) is 69.6 cm³/mol. The molecule has 1 fully saturated rings. The van der Waals surface area contributed by atoms with Gasteiger partial charge in [-0.05, 0) is 50.3 Å². The Bertz CT molecular complexity index is 277. The van der Waals surface area contributed by atoms with Crippen LogP contribution >= 0.6 is 0 Å². The van der Waals surface area contributed by atoms with Gasteiger partial charge in [-0.25, -0.2) is 0 Å². The van der Waals surface area contributed by atoms with E-state index >= 15 is 0 Å². The SMILES string of the molecule is c1ccc(CCCNCCCC2CC2)cc1. The maximum Gasteiger partial charge on any atom is -0.00457 e. The summed E-state index contributed by atoms with van der Waals surface area (Å²) >= 11 is 0. The van der Waals surface area contributed by atoms with E-state index in [1.165, 1.54) is 57.2 Å². The largest absolute Gasteiger partial charge is 0.317 e. The molecular formula is C15H23N. The molecule has 1 saturated carbocycles. The molecule has 1 N–H and O–H groups in total. The molecule has 1 aliphatic carbocycles. The van der Waals surface area contributed by atoms with Crippen LogP contribution in [-0.2, 0) is 6.42 Å². The smallest absolute Gasteiger partial charge is 0.00457 e. The van der Waals surface area contributed by atoms with Crippen LogP contribution in [0.4, 0.5) is 0 Å². The molecule has 2 rings (SSSR count). The summed E-state index contributed by atoms with van der Waals surface area (Å²) in [4.78, 5) is 0. The Labute approximate surface area is 99.3 Å². The molecule has 1 aromatic rings. The van der Waals surface area contributed by atoms with Gasteiger partial charge >= 0.3 is 0 Å². The predicted octanol–water partition coefficient (Wildman–Crippen LogP) is 3.40. The summed E-state index contributed by atoms with van der Waals surface area (Å²) in [5.74, 6) is 1.09. The maximum absolute atomic E-state index is 3.54. The summed E-state index contributed by atoms with van der Waals surface area (Å²) in [7, 11) is 0. The van der Waals surface area contributed by atoms with Gasteiger partial charge in [-0.15, -0.1) is 0 Å². The first-order chi connectivity index (χ1) is 7.95. The molecule has 0 spiro atoms. The summed E-state index contributed by atoms with van der Waals surface area (Å²) in [6, 6.07) is 10.8. The molecule has 0 saturated heterocycles. The van der Waals surface area contributed by atoms with Crippen molar-refractivity contribution in [2.75, 3.05) is 13.1 Å². The zero-order chi connectivity index (χ0) is 11.1. The highest BCUT2D eigenvalue weighted by molar-refractivity contribution is 5.14. The highest BCUT2D eigenvalue weighted by atomic mass is 14.8. The summed E-state index contributed by atoms with van der Waals surface area (Å²) in [5, 5.41) is 3.54. The molecule has 1 heteroatoms. The fourth-order valence-electron chi connectivity index (χ4n) is 2.11. The lowest BCUT2D eigenvalue weighted by atomic mass is 10.1. The van der Waals surface area contributed by atoms with Crippen molar-refractivity contribution >= 4 is 0 Å². The van der Waals surface area contributed by atoms with Crippen LogP contribution in [-0.4, -0.2) is 13.1 Å². The lowest BCUT2D eigenvalue weighted by molar-refractivity contribution is 0.581. The van der Waals surface area contributed by atoms with Crippen LogP contribution in [0.15, 0.2) is 30.3 Å². The Hall–Kier alpha value is -0.820. The van der Waals surface area contributed by atoms with Crippen LogP contribution in [0.25, 0.3) is 0 Å². The lowest BCUT2D eigenvalue weighted by Crippen LogP contribution is -2.17. The van der Waals surface area contributed by atoms with Crippen LogP contribution < -0.4 is 5.32 Å². The van der Waals surface area contributed by atoms with E-state index in [0.29, 0.717) is 0 Å². The maximum atomic E-state index is 3.54. The Morgan fingerprint density at radius 3 is 2.50 bits per heavy atom. The molecule has 1 nitrogen and oxygen atoms in total. The van der Waals surface area contributed by atoms with Gasteiger partial charge in [0.15, 0.2) is 0 Å². The van der Waals surface area contributed by atoms with Gasteiger partial charge in [-0.1, -0.05) is 43.2 Å². The van der Waals surface area contributed by atoms with Crippen molar-refractivity contribution in [3.05, 3.63) is 35.9 Å². The first kappa shape index (κ1) is 11.7. The number of hydrogen-bond acceptors (Lipinski definition) is 1. The van der Waals surface area contributed by atoms with Gasteiger partial charge < -0.3 is 5.32 Å². The minimum absolute atomic E-state index is 1.09. The van der Waals surface area contributed by atoms with E-state index in [0.717, 1.165) is 5.92 Å². The Kier molecular flexibility index (Phi) is 4.88. The average molecular weight is 217 g/mol. The van der Waals surface area contributed by atoms with E-state index in [9.17, 15) is 0 Å². The Morgan fingerprint density at radius 2 is 1.75 bits per heavy atom. The van der Waals surface area contributed by atoms with Crippen molar-refractivity contribution in [1.82, 2.24) is 5.32 Å². The van der Waals surface area contributed by atoms with E-state index in [1.807, 2.05) is 0 Å². The molecule has 0 heterocycles. The number of rotatable bonds is 8. The van der Waals surface area contributed by atoms with Gasteiger partial charge in [0.25, 0.3) is 0 Å². The molecule has 0 unspecified atom stereocenters. The fourth-order valence-corrected chi connectivity index (χ4v) is 2.11. The molecule has 0 radical (unpaired) electrons. The topological polar surface area (TPSA) is 12.0 Å². The Morgan fingerprint density at radius 1 is 1.00 bits per heavy atom. The lowest BCUT2D eigenvalue weighted by Gasteiger charge is -2.04. The first-order valence-electron chi connectivity index (χ1n) is 6.70. The van der Waals surface area contributed by atoms with E-state index in [-0.39, 0.29) is 0 Å². The third kappa shape index (κ3) is 4.80. The molecule has 16 heavy (non-hydrogen) atoms. The molecule has 0 bridgehead atoms. The average Bonchev–Trinajstić information content (AvgIpc) is 3.13.